The minimum atomic E-state index is -3.82. The maximum Gasteiger partial charge on any atom is 0.265 e. The van der Waals surface area contributed by atoms with Gasteiger partial charge in [-0.2, -0.15) is 8.42 Å². The summed E-state index contributed by atoms with van der Waals surface area (Å²) in [5, 5.41) is 0. The third kappa shape index (κ3) is 7.97. The molecule has 1 N–H and O–H groups in total. The van der Waals surface area contributed by atoms with Gasteiger partial charge in [0.05, 0.1) is 32.9 Å². The van der Waals surface area contributed by atoms with Crippen LogP contribution in [0, 0.1) is 0 Å². The number of hydrogen-bond donors (Lipinski definition) is 1. The summed E-state index contributed by atoms with van der Waals surface area (Å²) in [6, 6.07) is 10.3. The Bertz CT molecular complexity index is 469. The van der Waals surface area contributed by atoms with E-state index in [0.717, 1.165) is 30.4 Å². The van der Waals surface area contributed by atoms with Crippen molar-refractivity contribution in [1.82, 2.24) is 0 Å². The highest BCUT2D eigenvalue weighted by atomic mass is 32.2. The molecule has 0 aliphatic heterocycles. The van der Waals surface area contributed by atoms with Crippen LogP contribution in [0.5, 0.6) is 0 Å². The fourth-order valence-corrected chi connectivity index (χ4v) is 2.64. The number of nitrogens with zero attached hydrogens (tertiary/aromatic N) is 1. The number of hydrogen-bond acceptors (Lipinski definition) is 2. The number of rotatable bonds is 8. The van der Waals surface area contributed by atoms with E-state index in [0.29, 0.717) is 6.42 Å². The fourth-order valence-electron chi connectivity index (χ4n) is 2.14. The molecule has 0 aromatic heterocycles. The molecule has 5 heteroatoms. The summed E-state index contributed by atoms with van der Waals surface area (Å²) >= 11 is 0. The predicted molar refractivity (Wildman–Crippen MR) is 77.6 cm³/mol. The Morgan fingerprint density at radius 3 is 2.21 bits per heavy atom. The normalized spacial score (nSPS) is 12.6. The van der Waals surface area contributed by atoms with Gasteiger partial charge in [0.1, 0.15) is 0 Å². The van der Waals surface area contributed by atoms with E-state index in [-0.39, 0.29) is 5.75 Å². The van der Waals surface area contributed by atoms with E-state index < -0.39 is 10.1 Å². The average molecular weight is 286 g/mol. The van der Waals surface area contributed by atoms with Crippen LogP contribution >= 0.6 is 0 Å². The lowest BCUT2D eigenvalue weighted by molar-refractivity contribution is -0.890. The molecule has 19 heavy (non-hydrogen) atoms. The summed E-state index contributed by atoms with van der Waals surface area (Å²) in [5.41, 5.74) is 1.33. The highest BCUT2D eigenvalue weighted by molar-refractivity contribution is 7.85. The topological polar surface area (TPSA) is 54.4 Å². The van der Waals surface area contributed by atoms with Crippen molar-refractivity contribution in [3.05, 3.63) is 35.9 Å². The van der Waals surface area contributed by atoms with Gasteiger partial charge in [0.25, 0.3) is 10.1 Å². The second-order valence-electron chi connectivity index (χ2n) is 5.61. The highest BCUT2D eigenvalue weighted by Gasteiger charge is 2.16. The molecule has 0 radical (unpaired) electrons. The molecule has 0 spiro atoms. The molecule has 1 aromatic carbocycles. The summed E-state index contributed by atoms with van der Waals surface area (Å²) in [6.07, 6.45) is 2.61. The quantitative estimate of drug-likeness (QED) is 0.587. The van der Waals surface area contributed by atoms with E-state index in [4.69, 9.17) is 4.55 Å². The largest absolute Gasteiger partial charge is 0.328 e. The Hall–Kier alpha value is -0.910. The fraction of sp³-hybridized carbons (Fsp3) is 0.571. The lowest BCUT2D eigenvalue weighted by atomic mass is 10.1. The third-order valence-corrected chi connectivity index (χ3v) is 4.04. The van der Waals surface area contributed by atoms with Crippen molar-refractivity contribution >= 4 is 10.1 Å². The Balaban J connectivity index is 2.27. The lowest BCUT2D eigenvalue weighted by Gasteiger charge is -2.29. The zero-order valence-electron chi connectivity index (χ0n) is 11.7. The van der Waals surface area contributed by atoms with Gasteiger partial charge >= 0.3 is 0 Å². The van der Waals surface area contributed by atoms with Crippen molar-refractivity contribution in [2.45, 2.75) is 19.3 Å². The molecule has 0 heterocycles. The highest BCUT2D eigenvalue weighted by Crippen LogP contribution is 2.07. The van der Waals surface area contributed by atoms with Crippen LogP contribution in [0.15, 0.2) is 30.3 Å². The molecular weight excluding hydrogens is 262 g/mol. The van der Waals surface area contributed by atoms with Crippen molar-refractivity contribution in [2.24, 2.45) is 0 Å². The van der Waals surface area contributed by atoms with Crippen molar-refractivity contribution < 1.29 is 17.5 Å². The molecular formula is C14H24NO3S+. The molecule has 0 aliphatic carbocycles. The molecule has 108 valence electrons. The first kappa shape index (κ1) is 16.1. The van der Waals surface area contributed by atoms with Crippen LogP contribution in [0.2, 0.25) is 0 Å². The molecule has 0 aliphatic rings. The van der Waals surface area contributed by atoms with Gasteiger partial charge in [-0.05, 0) is 12.0 Å². The predicted octanol–water partition coefficient (Wildman–Crippen LogP) is 1.97. The maximum atomic E-state index is 10.7. The van der Waals surface area contributed by atoms with E-state index in [1.807, 2.05) is 18.2 Å². The van der Waals surface area contributed by atoms with Crippen LogP contribution in [0.25, 0.3) is 0 Å². The van der Waals surface area contributed by atoms with Crippen molar-refractivity contribution in [3.63, 3.8) is 0 Å². The van der Waals surface area contributed by atoms with E-state index >= 15 is 0 Å². The van der Waals surface area contributed by atoms with Crippen molar-refractivity contribution in [3.8, 4) is 0 Å². The summed E-state index contributed by atoms with van der Waals surface area (Å²) in [4.78, 5) is 0. The first-order valence-electron chi connectivity index (χ1n) is 6.60. The molecule has 0 bridgehead atoms. The molecule has 1 aromatic rings. The molecule has 0 fully saturated rings. The van der Waals surface area contributed by atoms with Gasteiger partial charge in [-0.3, -0.25) is 4.55 Å². The summed E-state index contributed by atoms with van der Waals surface area (Å²) in [6.45, 7) is 1.76. The van der Waals surface area contributed by atoms with Crippen LogP contribution in [0.4, 0.5) is 0 Å². The number of aryl methyl sites for hydroxylation is 1. The molecule has 0 saturated heterocycles. The zero-order chi connectivity index (χ0) is 14.4. The number of benzene rings is 1. The summed E-state index contributed by atoms with van der Waals surface area (Å²) < 4.78 is 30.8. The van der Waals surface area contributed by atoms with Gasteiger partial charge in [0, 0.05) is 12.8 Å². The van der Waals surface area contributed by atoms with Gasteiger partial charge in [0.15, 0.2) is 0 Å². The van der Waals surface area contributed by atoms with Crippen LogP contribution in [-0.2, 0) is 16.5 Å². The minimum absolute atomic E-state index is 0.145. The second kappa shape index (κ2) is 7.03. The Morgan fingerprint density at radius 2 is 1.63 bits per heavy atom. The van der Waals surface area contributed by atoms with Gasteiger partial charge in [-0.25, -0.2) is 0 Å². The number of quaternary nitrogens is 1. The minimum Gasteiger partial charge on any atom is -0.328 e. The van der Waals surface area contributed by atoms with E-state index in [2.05, 4.69) is 26.2 Å². The Kier molecular flexibility index (Phi) is 5.97. The maximum absolute atomic E-state index is 10.7. The van der Waals surface area contributed by atoms with E-state index in [1.165, 1.54) is 5.56 Å². The Labute approximate surface area is 116 Å². The van der Waals surface area contributed by atoms with Gasteiger partial charge < -0.3 is 4.48 Å². The molecule has 1 rings (SSSR count). The van der Waals surface area contributed by atoms with Gasteiger partial charge in [-0.15, -0.1) is 0 Å². The van der Waals surface area contributed by atoms with Crippen LogP contribution in [0.1, 0.15) is 18.4 Å². The Morgan fingerprint density at radius 1 is 1.05 bits per heavy atom. The zero-order valence-corrected chi connectivity index (χ0v) is 12.6. The second-order valence-corrected chi connectivity index (χ2v) is 7.18. The van der Waals surface area contributed by atoms with Gasteiger partial charge in [0.2, 0.25) is 0 Å². The molecule has 0 amide bonds. The lowest BCUT2D eigenvalue weighted by Crippen LogP contribution is -2.42. The summed E-state index contributed by atoms with van der Waals surface area (Å²) in [7, 11) is 0.364. The molecule has 0 atom stereocenters. The molecule has 0 unspecified atom stereocenters. The molecule has 0 saturated carbocycles. The van der Waals surface area contributed by atoms with Crippen molar-refractivity contribution in [1.29, 1.82) is 0 Å². The van der Waals surface area contributed by atoms with Crippen LogP contribution < -0.4 is 0 Å². The van der Waals surface area contributed by atoms with E-state index in [1.54, 1.807) is 0 Å². The molecule has 4 nitrogen and oxygen atoms in total. The first-order chi connectivity index (χ1) is 8.79. The average Bonchev–Trinajstić information content (AvgIpc) is 2.28. The van der Waals surface area contributed by atoms with Gasteiger partial charge in [-0.1, -0.05) is 30.3 Å². The summed E-state index contributed by atoms with van der Waals surface area (Å²) in [5.74, 6) is -0.145. The monoisotopic (exact) mass is 286 g/mol. The van der Waals surface area contributed by atoms with Crippen LogP contribution in [0.3, 0.4) is 0 Å². The van der Waals surface area contributed by atoms with E-state index in [9.17, 15) is 8.42 Å². The first-order valence-corrected chi connectivity index (χ1v) is 8.20. The van der Waals surface area contributed by atoms with Crippen LogP contribution in [-0.4, -0.2) is 50.4 Å². The smallest absolute Gasteiger partial charge is 0.265 e. The standard InChI is InChI=1S/C14H23NO3S/c1-15(2,12-7-13-19(16,17)18)11-6-10-14-8-4-3-5-9-14/h3-5,8-9H,6-7,10-13H2,1-2H3/p+1. The third-order valence-electron chi connectivity index (χ3n) is 3.24. The SMILES string of the molecule is C[N+](C)(CCCc1ccccc1)CCCS(=O)(=O)O. The van der Waals surface area contributed by atoms with Crippen molar-refractivity contribution in [2.75, 3.05) is 32.9 Å².